The lowest BCUT2D eigenvalue weighted by Crippen LogP contribution is -2.66. The molecule has 0 aliphatic carbocycles. The van der Waals surface area contributed by atoms with E-state index in [0.29, 0.717) is 25.0 Å². The second kappa shape index (κ2) is 8.84. The zero-order valence-electron chi connectivity index (χ0n) is 18.1. The van der Waals surface area contributed by atoms with Crippen LogP contribution in [0.15, 0.2) is 18.2 Å². The molecule has 0 bridgehead atoms. The van der Waals surface area contributed by atoms with Crippen LogP contribution < -0.4 is 4.23 Å². The van der Waals surface area contributed by atoms with Crippen molar-refractivity contribution in [1.82, 2.24) is 0 Å². The Morgan fingerprint density at radius 2 is 1.24 bits per heavy atom. The summed E-state index contributed by atoms with van der Waals surface area (Å²) in [5.74, 6) is 0.933. The molecule has 0 saturated heterocycles. The normalized spacial score (nSPS) is 13.0. The minimum absolute atomic E-state index is 0.467. The lowest BCUT2D eigenvalue weighted by Gasteiger charge is -2.48. The molecular weight excluding hydrogens is 342 g/mol. The molecule has 0 heterocycles. The summed E-state index contributed by atoms with van der Waals surface area (Å²) < 4.78 is 15.3. The molecule has 0 spiro atoms. The molecule has 25 heavy (non-hydrogen) atoms. The lowest BCUT2D eigenvalue weighted by atomic mass is 9.93. The molecule has 0 aliphatic heterocycles. The van der Waals surface area contributed by atoms with Crippen molar-refractivity contribution >= 4 is 22.6 Å². The zero-order valence-corrected chi connectivity index (χ0v) is 20.1. The van der Waals surface area contributed by atoms with E-state index in [1.54, 1.807) is 0 Å². The van der Waals surface area contributed by atoms with Crippen LogP contribution in [0.3, 0.4) is 0 Å². The van der Waals surface area contributed by atoms with Gasteiger partial charge in [-0.25, -0.2) is 0 Å². The van der Waals surface area contributed by atoms with E-state index < -0.39 is 17.0 Å². The molecular formula is C20H39NO2Si2. The van der Waals surface area contributed by atoms with Gasteiger partial charge in [0.1, 0.15) is 8.24 Å². The number of hydrogen-bond donors (Lipinski definition) is 0. The van der Waals surface area contributed by atoms with E-state index in [1.807, 2.05) is 0 Å². The molecule has 0 radical (unpaired) electrons. The van der Waals surface area contributed by atoms with Crippen molar-refractivity contribution in [2.24, 2.45) is 0 Å². The fraction of sp³-hybridized carbons (Fsp3) is 0.700. The van der Waals surface area contributed by atoms with Gasteiger partial charge in [0.25, 0.3) is 0 Å². The van der Waals surface area contributed by atoms with Crippen LogP contribution in [0.1, 0.15) is 64.5 Å². The first-order valence-electron chi connectivity index (χ1n) is 9.70. The molecule has 1 aromatic rings. The summed E-state index contributed by atoms with van der Waals surface area (Å²) in [4.78, 5) is 0. The summed E-state index contributed by atoms with van der Waals surface area (Å²) >= 11 is 0. The monoisotopic (exact) mass is 381 g/mol. The average molecular weight is 382 g/mol. The molecule has 0 atom stereocenters. The predicted octanol–water partition coefficient (Wildman–Crippen LogP) is 6.22. The topological polar surface area (TPSA) is 21.7 Å². The number of para-hydroxylation sites is 1. The van der Waals surface area contributed by atoms with Crippen LogP contribution >= 0.6 is 0 Å². The van der Waals surface area contributed by atoms with E-state index in [1.165, 1.54) is 16.8 Å². The largest absolute Gasteiger partial charge is 0.447 e. The van der Waals surface area contributed by atoms with Gasteiger partial charge >= 0.3 is 8.72 Å². The van der Waals surface area contributed by atoms with E-state index in [2.05, 4.69) is 90.2 Å². The summed E-state index contributed by atoms with van der Waals surface area (Å²) in [6.45, 7) is 24.1. The number of benzene rings is 1. The molecule has 3 nitrogen and oxygen atoms in total. The van der Waals surface area contributed by atoms with Gasteiger partial charge in [0.05, 0.1) is 0 Å². The third kappa shape index (κ3) is 5.19. The van der Waals surface area contributed by atoms with Gasteiger partial charge in [0.2, 0.25) is 0 Å². The van der Waals surface area contributed by atoms with E-state index in [0.717, 1.165) is 0 Å². The Balaban J connectivity index is 3.78. The first-order chi connectivity index (χ1) is 11.5. The Kier molecular flexibility index (Phi) is 7.93. The Morgan fingerprint density at radius 3 is 1.52 bits per heavy atom. The van der Waals surface area contributed by atoms with Crippen molar-refractivity contribution in [3.05, 3.63) is 29.3 Å². The Morgan fingerprint density at radius 1 is 0.840 bits per heavy atom. The Labute approximate surface area is 158 Å². The van der Waals surface area contributed by atoms with Crippen molar-refractivity contribution in [2.45, 2.75) is 79.6 Å². The number of anilines is 1. The van der Waals surface area contributed by atoms with Crippen molar-refractivity contribution in [1.29, 1.82) is 0 Å². The minimum atomic E-state index is -2.51. The molecule has 0 amide bonds. The molecule has 0 aromatic heterocycles. The van der Waals surface area contributed by atoms with Crippen molar-refractivity contribution in [3.63, 3.8) is 0 Å². The smallest absolute Gasteiger partial charge is 0.382 e. The molecule has 1 rings (SSSR count). The third-order valence-corrected chi connectivity index (χ3v) is 11.9. The van der Waals surface area contributed by atoms with Crippen LogP contribution in [0.4, 0.5) is 5.69 Å². The molecule has 5 heteroatoms. The fourth-order valence-electron chi connectivity index (χ4n) is 3.62. The molecule has 0 unspecified atom stereocenters. The minimum Gasteiger partial charge on any atom is -0.382 e. The molecule has 0 N–H and O–H groups in total. The highest BCUT2D eigenvalue weighted by atomic mass is 28.4. The second-order valence-electron chi connectivity index (χ2n) is 8.36. The quantitative estimate of drug-likeness (QED) is 0.474. The number of nitrogens with zero attached hydrogens (tertiary/aromatic N) is 1. The van der Waals surface area contributed by atoms with Crippen LogP contribution in [0.5, 0.6) is 0 Å². The summed E-state index contributed by atoms with van der Waals surface area (Å²) in [6.07, 6.45) is 0. The van der Waals surface area contributed by atoms with E-state index >= 15 is 0 Å². The standard InChI is InChI=1S/C20H39NO2Si2/c1-11-22-25(10,23-12-2)21(24(7,8)9)20-18(16(3)4)14-13-15-19(20)17(5)6/h13-17H,11-12H2,1-10H3. The first kappa shape index (κ1) is 22.4. The van der Waals surface area contributed by atoms with Gasteiger partial charge in [-0.05, 0) is 43.4 Å². The third-order valence-electron chi connectivity index (χ3n) is 4.47. The SMILES string of the molecule is CCO[Si](C)(OCC)N(c1c(C(C)C)cccc1C(C)C)[Si](C)(C)C. The van der Waals surface area contributed by atoms with E-state index in [9.17, 15) is 0 Å². The van der Waals surface area contributed by atoms with Gasteiger partial charge in [0.15, 0.2) is 0 Å². The van der Waals surface area contributed by atoms with Gasteiger partial charge in [-0.2, -0.15) is 0 Å². The van der Waals surface area contributed by atoms with Gasteiger partial charge in [-0.3, -0.25) is 0 Å². The summed E-state index contributed by atoms with van der Waals surface area (Å²) in [6, 6.07) is 6.77. The maximum atomic E-state index is 6.36. The van der Waals surface area contributed by atoms with Crippen LogP contribution in [0.2, 0.25) is 26.2 Å². The van der Waals surface area contributed by atoms with Crippen LogP contribution in [0, 0.1) is 0 Å². The maximum absolute atomic E-state index is 6.36. The van der Waals surface area contributed by atoms with Crippen molar-refractivity contribution < 1.29 is 8.85 Å². The summed E-state index contributed by atoms with van der Waals surface area (Å²) in [5, 5.41) is 0. The molecule has 0 fully saturated rings. The van der Waals surface area contributed by atoms with E-state index in [-0.39, 0.29) is 0 Å². The molecule has 0 saturated carbocycles. The highest BCUT2D eigenvalue weighted by Gasteiger charge is 2.47. The maximum Gasteiger partial charge on any atom is 0.447 e. The fourth-order valence-corrected chi connectivity index (χ4v) is 11.9. The lowest BCUT2D eigenvalue weighted by molar-refractivity contribution is 0.191. The molecule has 1 aromatic carbocycles. The highest BCUT2D eigenvalue weighted by Crippen LogP contribution is 2.40. The average Bonchev–Trinajstić information content (AvgIpc) is 2.45. The van der Waals surface area contributed by atoms with Crippen LogP contribution in [-0.4, -0.2) is 30.2 Å². The van der Waals surface area contributed by atoms with Crippen molar-refractivity contribution in [2.75, 3.05) is 17.4 Å². The van der Waals surface area contributed by atoms with E-state index in [4.69, 9.17) is 8.85 Å². The van der Waals surface area contributed by atoms with Crippen LogP contribution in [-0.2, 0) is 8.85 Å². The highest BCUT2D eigenvalue weighted by molar-refractivity contribution is 6.95. The Bertz CT molecular complexity index is 521. The molecule has 0 aliphatic rings. The van der Waals surface area contributed by atoms with Gasteiger partial charge in [-0.1, -0.05) is 65.5 Å². The second-order valence-corrected chi connectivity index (χ2v) is 16.4. The van der Waals surface area contributed by atoms with Crippen molar-refractivity contribution in [3.8, 4) is 0 Å². The summed E-state index contributed by atoms with van der Waals surface area (Å²) in [5.41, 5.74) is 4.20. The number of rotatable bonds is 9. The first-order valence-corrected chi connectivity index (χ1v) is 15.4. The Hall–Kier alpha value is -0.626. The number of hydrogen-bond acceptors (Lipinski definition) is 3. The summed E-state index contributed by atoms with van der Waals surface area (Å²) in [7, 11) is -4.26. The zero-order chi connectivity index (χ0) is 19.4. The molecule has 144 valence electrons. The van der Waals surface area contributed by atoms with Crippen LogP contribution in [0.25, 0.3) is 0 Å². The van der Waals surface area contributed by atoms with Gasteiger partial charge in [-0.15, -0.1) is 0 Å². The van der Waals surface area contributed by atoms with Gasteiger partial charge < -0.3 is 13.1 Å². The predicted molar refractivity (Wildman–Crippen MR) is 115 cm³/mol. The van der Waals surface area contributed by atoms with Gasteiger partial charge in [0, 0.05) is 18.9 Å².